The number of amides is 3. The SMILES string of the molecule is CCCCCNC(=O)C1N([C@H](C)CO)C(=O)[C@@H]2[C@H](C(=O)Nc3ccc(OCC)cc3)[C@@]3(C)OC12CC3C. The number of fused-ring (bicyclic) bond motifs is 1. The monoisotopic (exact) mass is 515 g/mol. The van der Waals surface area contributed by atoms with Gasteiger partial charge in [0, 0.05) is 12.2 Å². The van der Waals surface area contributed by atoms with Gasteiger partial charge in [0.15, 0.2) is 0 Å². The summed E-state index contributed by atoms with van der Waals surface area (Å²) in [5.41, 5.74) is -1.42. The lowest BCUT2D eigenvalue weighted by atomic mass is 9.62. The summed E-state index contributed by atoms with van der Waals surface area (Å²) in [5, 5.41) is 15.9. The number of rotatable bonds is 11. The topological polar surface area (TPSA) is 117 Å². The molecule has 37 heavy (non-hydrogen) atoms. The highest BCUT2D eigenvalue weighted by atomic mass is 16.5. The second kappa shape index (κ2) is 10.6. The molecule has 0 aliphatic carbocycles. The number of benzene rings is 1. The molecule has 3 heterocycles. The van der Waals surface area contributed by atoms with Gasteiger partial charge >= 0.3 is 0 Å². The second-order valence-electron chi connectivity index (χ2n) is 10.9. The van der Waals surface area contributed by atoms with Gasteiger partial charge in [-0.2, -0.15) is 0 Å². The van der Waals surface area contributed by atoms with Gasteiger partial charge in [0.25, 0.3) is 0 Å². The minimum absolute atomic E-state index is 0.0487. The summed E-state index contributed by atoms with van der Waals surface area (Å²) in [6.45, 7) is 10.4. The van der Waals surface area contributed by atoms with Crippen LogP contribution in [0, 0.1) is 17.8 Å². The number of ether oxygens (including phenoxy) is 2. The standard InChI is InChI=1S/C28H41N3O6/c1-6-8-9-14-29-25(34)23-28-15-17(3)27(5,37-28)21(22(28)26(35)31(23)18(4)16-32)24(33)30-19-10-12-20(13-11-19)36-7-2/h10-13,17-18,21-23,32H,6-9,14-16H2,1-5H3,(H,29,34)(H,30,33)/t17?,18-,21-,22+,23?,27+,28?/m1/s1. The predicted molar refractivity (Wildman–Crippen MR) is 139 cm³/mol. The van der Waals surface area contributed by atoms with E-state index in [9.17, 15) is 19.5 Å². The molecule has 3 N–H and O–H groups in total. The zero-order valence-corrected chi connectivity index (χ0v) is 22.6. The molecule has 4 rings (SSSR count). The van der Waals surface area contributed by atoms with Gasteiger partial charge in [-0.1, -0.05) is 26.7 Å². The van der Waals surface area contributed by atoms with Crippen molar-refractivity contribution in [3.05, 3.63) is 24.3 Å². The molecule has 1 aromatic rings. The molecule has 2 bridgehead atoms. The molecule has 3 aliphatic rings. The van der Waals surface area contributed by atoms with Crippen molar-refractivity contribution in [1.82, 2.24) is 10.2 Å². The van der Waals surface area contributed by atoms with Crippen LogP contribution in [-0.4, -0.2) is 70.8 Å². The molecule has 0 aromatic heterocycles. The fourth-order valence-corrected chi connectivity index (χ4v) is 6.64. The average Bonchev–Trinajstić information content (AvgIpc) is 3.39. The van der Waals surface area contributed by atoms with Gasteiger partial charge in [-0.05, 0) is 63.8 Å². The van der Waals surface area contributed by atoms with Crippen LogP contribution < -0.4 is 15.4 Å². The fraction of sp³-hybridized carbons (Fsp3) is 0.679. The third-order valence-corrected chi connectivity index (χ3v) is 8.53. The van der Waals surface area contributed by atoms with E-state index in [0.717, 1.165) is 19.3 Å². The van der Waals surface area contributed by atoms with E-state index in [-0.39, 0.29) is 30.2 Å². The molecule has 1 aromatic carbocycles. The van der Waals surface area contributed by atoms with Crippen molar-refractivity contribution in [3.63, 3.8) is 0 Å². The molecule has 9 heteroatoms. The van der Waals surface area contributed by atoms with E-state index < -0.39 is 35.1 Å². The predicted octanol–water partition coefficient (Wildman–Crippen LogP) is 2.72. The minimum atomic E-state index is -1.12. The summed E-state index contributed by atoms with van der Waals surface area (Å²) in [6.07, 6.45) is 3.36. The van der Waals surface area contributed by atoms with Crippen LogP contribution in [0.5, 0.6) is 5.75 Å². The van der Waals surface area contributed by atoms with Crippen LogP contribution in [0.2, 0.25) is 0 Å². The van der Waals surface area contributed by atoms with Gasteiger partial charge in [-0.25, -0.2) is 0 Å². The number of aliphatic hydroxyl groups is 1. The van der Waals surface area contributed by atoms with Crippen molar-refractivity contribution in [1.29, 1.82) is 0 Å². The Labute approximate surface area is 219 Å². The van der Waals surface area contributed by atoms with E-state index in [4.69, 9.17) is 9.47 Å². The normalized spacial score (nSPS) is 32.8. The number of hydrogen-bond donors (Lipinski definition) is 3. The molecule has 0 saturated carbocycles. The molecular weight excluding hydrogens is 474 g/mol. The summed E-state index contributed by atoms with van der Waals surface area (Å²) in [6, 6.07) is 5.61. The molecule has 3 fully saturated rings. The van der Waals surface area contributed by atoms with Crippen LogP contribution in [0.4, 0.5) is 5.69 Å². The van der Waals surface area contributed by atoms with E-state index in [1.807, 2.05) is 20.8 Å². The first kappa shape index (κ1) is 27.4. The smallest absolute Gasteiger partial charge is 0.245 e. The number of nitrogens with one attached hydrogen (secondary N) is 2. The molecule has 3 amide bonds. The average molecular weight is 516 g/mol. The van der Waals surface area contributed by atoms with Gasteiger partial charge in [0.1, 0.15) is 17.4 Å². The Balaban J connectivity index is 1.65. The Bertz CT molecular complexity index is 1020. The van der Waals surface area contributed by atoms with Gasteiger partial charge in [0.05, 0.1) is 36.7 Å². The molecule has 204 valence electrons. The van der Waals surface area contributed by atoms with Crippen molar-refractivity contribution in [3.8, 4) is 5.75 Å². The quantitative estimate of drug-likeness (QED) is 0.390. The zero-order chi connectivity index (χ0) is 27.0. The van der Waals surface area contributed by atoms with Crippen molar-refractivity contribution < 1.29 is 29.0 Å². The first-order valence-corrected chi connectivity index (χ1v) is 13.6. The summed E-state index contributed by atoms with van der Waals surface area (Å²) < 4.78 is 12.2. The van der Waals surface area contributed by atoms with Crippen LogP contribution in [0.3, 0.4) is 0 Å². The summed E-state index contributed by atoms with van der Waals surface area (Å²) in [5.74, 6) is -1.82. The number of carbonyl (C=O) groups is 3. The number of likely N-dealkylation sites (tertiary alicyclic amines) is 1. The van der Waals surface area contributed by atoms with E-state index in [1.165, 1.54) is 4.90 Å². The Morgan fingerprint density at radius 3 is 2.54 bits per heavy atom. The Kier molecular flexibility index (Phi) is 7.85. The van der Waals surface area contributed by atoms with Crippen LogP contribution in [0.15, 0.2) is 24.3 Å². The maximum Gasteiger partial charge on any atom is 0.245 e. The van der Waals surface area contributed by atoms with Crippen molar-refractivity contribution in [2.24, 2.45) is 17.8 Å². The zero-order valence-electron chi connectivity index (χ0n) is 22.6. The van der Waals surface area contributed by atoms with Crippen molar-refractivity contribution in [2.45, 2.75) is 83.6 Å². The third-order valence-electron chi connectivity index (χ3n) is 8.53. The summed E-state index contributed by atoms with van der Waals surface area (Å²) in [4.78, 5) is 42.8. The van der Waals surface area contributed by atoms with E-state index in [2.05, 4.69) is 17.6 Å². The highest BCUT2D eigenvalue weighted by molar-refractivity contribution is 6.02. The van der Waals surface area contributed by atoms with Crippen molar-refractivity contribution in [2.75, 3.05) is 25.1 Å². The number of nitrogens with zero attached hydrogens (tertiary/aromatic N) is 1. The van der Waals surface area contributed by atoms with E-state index >= 15 is 0 Å². The molecule has 0 radical (unpaired) electrons. The Morgan fingerprint density at radius 2 is 1.92 bits per heavy atom. The molecule has 1 spiro atoms. The van der Waals surface area contributed by atoms with Crippen LogP contribution in [0.25, 0.3) is 0 Å². The minimum Gasteiger partial charge on any atom is -0.494 e. The maximum atomic E-state index is 14.0. The lowest BCUT2D eigenvalue weighted by Crippen LogP contribution is -2.57. The molecule has 3 unspecified atom stereocenters. The van der Waals surface area contributed by atoms with Crippen molar-refractivity contribution >= 4 is 23.4 Å². The second-order valence-corrected chi connectivity index (χ2v) is 10.9. The van der Waals surface area contributed by atoms with Crippen LogP contribution in [0.1, 0.15) is 60.3 Å². The Hall–Kier alpha value is -2.65. The fourth-order valence-electron chi connectivity index (χ4n) is 6.64. The molecule has 9 nitrogen and oxygen atoms in total. The van der Waals surface area contributed by atoms with Gasteiger partial charge in [0.2, 0.25) is 17.7 Å². The lowest BCUT2D eigenvalue weighted by Gasteiger charge is -2.36. The third kappa shape index (κ3) is 4.50. The number of hydrogen-bond acceptors (Lipinski definition) is 6. The van der Waals surface area contributed by atoms with Gasteiger partial charge in [-0.3, -0.25) is 14.4 Å². The first-order valence-electron chi connectivity index (χ1n) is 13.6. The molecule has 3 aliphatic heterocycles. The summed E-state index contributed by atoms with van der Waals surface area (Å²) in [7, 11) is 0. The van der Waals surface area contributed by atoms with Crippen LogP contribution >= 0.6 is 0 Å². The largest absolute Gasteiger partial charge is 0.494 e. The number of aliphatic hydroxyl groups excluding tert-OH is 1. The summed E-state index contributed by atoms with van der Waals surface area (Å²) >= 11 is 0. The lowest BCUT2D eigenvalue weighted by molar-refractivity contribution is -0.149. The first-order chi connectivity index (χ1) is 17.6. The molecule has 3 saturated heterocycles. The van der Waals surface area contributed by atoms with Gasteiger partial charge < -0.3 is 30.1 Å². The number of carbonyl (C=O) groups excluding carboxylic acids is 3. The highest BCUT2D eigenvalue weighted by Crippen LogP contribution is 2.65. The number of unbranched alkanes of at least 4 members (excludes halogenated alkanes) is 2. The maximum absolute atomic E-state index is 14.0. The van der Waals surface area contributed by atoms with E-state index in [1.54, 1.807) is 31.2 Å². The van der Waals surface area contributed by atoms with Crippen LogP contribution in [-0.2, 0) is 19.1 Å². The van der Waals surface area contributed by atoms with Gasteiger partial charge in [-0.15, -0.1) is 0 Å². The molecular formula is C28H41N3O6. The Morgan fingerprint density at radius 1 is 1.22 bits per heavy atom. The number of anilines is 1. The van der Waals surface area contributed by atoms with E-state index in [0.29, 0.717) is 31.0 Å². The molecule has 7 atom stereocenters. The highest BCUT2D eigenvalue weighted by Gasteiger charge is 2.80.